The highest BCUT2D eigenvalue weighted by molar-refractivity contribution is 6.23. The minimum atomic E-state index is 0.676. The summed E-state index contributed by atoms with van der Waals surface area (Å²) in [5, 5.41) is 14.2. The Balaban J connectivity index is 1.22. The fourth-order valence-corrected chi connectivity index (χ4v) is 7.28. The monoisotopic (exact) mass is 581 g/mol. The summed E-state index contributed by atoms with van der Waals surface area (Å²) in [6.07, 6.45) is 0. The molecule has 0 spiro atoms. The van der Waals surface area contributed by atoms with Gasteiger partial charge in [-0.25, -0.2) is 0 Å². The predicted octanol–water partition coefficient (Wildman–Crippen LogP) is 12.2. The van der Waals surface area contributed by atoms with E-state index in [0.29, 0.717) is 5.56 Å². The Morgan fingerprint density at radius 1 is 0.348 bits per heavy atom. The van der Waals surface area contributed by atoms with Gasteiger partial charge in [0.1, 0.15) is 0 Å². The van der Waals surface area contributed by atoms with Crippen LogP contribution in [0.4, 0.5) is 0 Å². The van der Waals surface area contributed by atoms with Gasteiger partial charge in [-0.05, 0) is 113 Å². The topological polar surface area (TPSA) is 23.8 Å². The highest BCUT2D eigenvalue weighted by Gasteiger charge is 2.28. The molecule has 0 fully saturated rings. The Bertz CT molecular complexity index is 2430. The predicted molar refractivity (Wildman–Crippen MR) is 192 cm³/mol. The summed E-state index contributed by atoms with van der Waals surface area (Å²) in [6.45, 7) is 0. The van der Waals surface area contributed by atoms with Crippen molar-refractivity contribution in [2.24, 2.45) is 0 Å². The fraction of sp³-hybridized carbons (Fsp3) is 0. The van der Waals surface area contributed by atoms with Crippen molar-refractivity contribution in [3.8, 4) is 72.8 Å². The second kappa shape index (κ2) is 10.4. The molecular formula is C45H27N. The van der Waals surface area contributed by atoms with Crippen LogP contribution in [0.1, 0.15) is 5.56 Å². The van der Waals surface area contributed by atoms with Crippen molar-refractivity contribution in [2.75, 3.05) is 0 Å². The molecule has 0 N–H and O–H groups in total. The van der Waals surface area contributed by atoms with Gasteiger partial charge in [0, 0.05) is 0 Å². The maximum Gasteiger partial charge on any atom is 0.0991 e. The van der Waals surface area contributed by atoms with E-state index in [1.807, 2.05) is 24.3 Å². The van der Waals surface area contributed by atoms with Crippen molar-refractivity contribution < 1.29 is 0 Å². The molecular weight excluding hydrogens is 555 g/mol. The first-order valence-corrected chi connectivity index (χ1v) is 15.7. The van der Waals surface area contributed by atoms with E-state index in [-0.39, 0.29) is 0 Å². The second-order valence-corrected chi connectivity index (χ2v) is 12.0. The van der Waals surface area contributed by atoms with E-state index >= 15 is 0 Å². The van der Waals surface area contributed by atoms with E-state index in [4.69, 9.17) is 0 Å². The first-order valence-electron chi connectivity index (χ1n) is 15.7. The normalized spacial score (nSPS) is 11.5. The lowest BCUT2D eigenvalue weighted by atomic mass is 9.88. The van der Waals surface area contributed by atoms with Crippen LogP contribution < -0.4 is 0 Å². The van der Waals surface area contributed by atoms with E-state index in [0.717, 1.165) is 11.1 Å². The van der Waals surface area contributed by atoms with Crippen LogP contribution in [0, 0.1) is 11.3 Å². The third kappa shape index (κ3) is 4.09. The standard InChI is InChI=1S/C45H27N/c46-28-29-14-16-30(17-15-29)33-18-19-35-27-36(21-20-34(35)26-33)37-22-25-42-43-40(37)12-7-13-41(43)44-38(31-8-3-1-4-9-31)23-24-39(45(42)44)32-10-5-2-6-11-32/h1-27H. The minimum absolute atomic E-state index is 0.676. The molecule has 1 heteroatoms. The lowest BCUT2D eigenvalue weighted by Crippen LogP contribution is -1.89. The van der Waals surface area contributed by atoms with E-state index in [1.54, 1.807) is 0 Å². The van der Waals surface area contributed by atoms with E-state index in [9.17, 15) is 5.26 Å². The van der Waals surface area contributed by atoms with Crippen LogP contribution in [0.3, 0.4) is 0 Å². The van der Waals surface area contributed by atoms with Gasteiger partial charge >= 0.3 is 0 Å². The molecule has 0 unspecified atom stereocenters. The average molecular weight is 582 g/mol. The number of nitriles is 1. The zero-order chi connectivity index (χ0) is 30.6. The zero-order valence-corrected chi connectivity index (χ0v) is 25.0. The minimum Gasteiger partial charge on any atom is -0.192 e. The van der Waals surface area contributed by atoms with Gasteiger partial charge in [-0.15, -0.1) is 0 Å². The average Bonchev–Trinajstić information content (AvgIpc) is 3.47. The van der Waals surface area contributed by atoms with Gasteiger partial charge < -0.3 is 0 Å². The highest BCUT2D eigenvalue weighted by atomic mass is 14.3. The second-order valence-electron chi connectivity index (χ2n) is 12.0. The number of benzene rings is 8. The number of rotatable bonds is 4. The Morgan fingerprint density at radius 2 is 0.870 bits per heavy atom. The van der Waals surface area contributed by atoms with Crippen molar-refractivity contribution in [3.63, 3.8) is 0 Å². The maximum atomic E-state index is 9.17. The van der Waals surface area contributed by atoms with E-state index in [2.05, 4.69) is 146 Å². The number of nitrogens with zero attached hydrogens (tertiary/aromatic N) is 1. The molecule has 8 aromatic rings. The lowest BCUT2D eigenvalue weighted by Gasteiger charge is -2.15. The third-order valence-electron chi connectivity index (χ3n) is 9.45. The Labute approximate surface area is 268 Å². The van der Waals surface area contributed by atoms with Crippen LogP contribution >= 0.6 is 0 Å². The van der Waals surface area contributed by atoms with Crippen LogP contribution in [-0.4, -0.2) is 0 Å². The maximum absolute atomic E-state index is 9.17. The summed E-state index contributed by atoms with van der Waals surface area (Å²) < 4.78 is 0. The largest absolute Gasteiger partial charge is 0.192 e. The quantitative estimate of drug-likeness (QED) is 0.203. The molecule has 0 radical (unpaired) electrons. The van der Waals surface area contributed by atoms with Crippen molar-refractivity contribution in [1.82, 2.24) is 0 Å². The van der Waals surface area contributed by atoms with E-state index in [1.165, 1.54) is 77.2 Å². The van der Waals surface area contributed by atoms with E-state index < -0.39 is 0 Å². The Morgan fingerprint density at radius 3 is 1.50 bits per heavy atom. The highest BCUT2D eigenvalue weighted by Crippen LogP contribution is 2.55. The molecule has 0 bridgehead atoms. The number of hydrogen-bond donors (Lipinski definition) is 0. The summed E-state index contributed by atoms with van der Waals surface area (Å²) in [4.78, 5) is 0. The first-order chi connectivity index (χ1) is 22.8. The van der Waals surface area contributed by atoms with Crippen LogP contribution in [0.2, 0.25) is 0 Å². The van der Waals surface area contributed by atoms with Gasteiger partial charge in [0.25, 0.3) is 0 Å². The van der Waals surface area contributed by atoms with Crippen molar-refractivity contribution in [1.29, 1.82) is 5.26 Å². The zero-order valence-electron chi connectivity index (χ0n) is 25.0. The molecule has 1 aliphatic carbocycles. The molecule has 1 nitrogen and oxygen atoms in total. The molecule has 0 amide bonds. The van der Waals surface area contributed by atoms with Crippen LogP contribution in [0.5, 0.6) is 0 Å². The Hall–Kier alpha value is -6.23. The summed E-state index contributed by atoms with van der Waals surface area (Å²) in [5.74, 6) is 0. The van der Waals surface area contributed by atoms with Crippen molar-refractivity contribution in [3.05, 3.63) is 169 Å². The molecule has 46 heavy (non-hydrogen) atoms. The molecule has 0 aliphatic heterocycles. The molecule has 0 saturated heterocycles. The molecule has 9 rings (SSSR count). The Kier molecular flexibility index (Phi) is 5.95. The van der Waals surface area contributed by atoms with Gasteiger partial charge in [-0.2, -0.15) is 5.26 Å². The van der Waals surface area contributed by atoms with Crippen LogP contribution in [-0.2, 0) is 0 Å². The molecule has 1 aliphatic rings. The summed E-state index contributed by atoms with van der Waals surface area (Å²) in [7, 11) is 0. The van der Waals surface area contributed by atoms with Crippen molar-refractivity contribution in [2.45, 2.75) is 0 Å². The van der Waals surface area contributed by atoms with Gasteiger partial charge in [0.2, 0.25) is 0 Å². The first kappa shape index (κ1) is 26.2. The summed E-state index contributed by atoms with van der Waals surface area (Å²) in [6, 6.07) is 61.0. The fourth-order valence-electron chi connectivity index (χ4n) is 7.28. The smallest absolute Gasteiger partial charge is 0.0991 e. The summed E-state index contributed by atoms with van der Waals surface area (Å²) in [5.41, 5.74) is 15.6. The molecule has 8 aromatic carbocycles. The molecule has 0 heterocycles. The molecule has 0 saturated carbocycles. The van der Waals surface area contributed by atoms with Gasteiger partial charge in [0.15, 0.2) is 0 Å². The SMILES string of the molecule is N#Cc1ccc(-c2ccc3cc(-c4ccc5c6c(cccc46)-c4c(-c6ccccc6)ccc(-c6ccccc6)c4-5)ccc3c2)cc1. The summed E-state index contributed by atoms with van der Waals surface area (Å²) >= 11 is 0. The van der Waals surface area contributed by atoms with Gasteiger partial charge in [-0.3, -0.25) is 0 Å². The molecule has 0 atom stereocenters. The third-order valence-corrected chi connectivity index (χ3v) is 9.45. The molecule has 212 valence electrons. The molecule has 0 aromatic heterocycles. The van der Waals surface area contributed by atoms with Crippen LogP contribution in [0.15, 0.2) is 164 Å². The van der Waals surface area contributed by atoms with Gasteiger partial charge in [0.05, 0.1) is 11.6 Å². The van der Waals surface area contributed by atoms with Crippen LogP contribution in [0.25, 0.3) is 88.3 Å². The van der Waals surface area contributed by atoms with Gasteiger partial charge in [-0.1, -0.05) is 140 Å². The number of hydrogen-bond acceptors (Lipinski definition) is 1. The number of fused-ring (bicyclic) bond motifs is 4. The lowest BCUT2D eigenvalue weighted by molar-refractivity contribution is 1.48. The van der Waals surface area contributed by atoms with Crippen molar-refractivity contribution >= 4 is 21.5 Å².